The lowest BCUT2D eigenvalue weighted by Crippen LogP contribution is -2.45. The number of fused-ring (bicyclic) bond motifs is 3. The lowest BCUT2D eigenvalue weighted by Gasteiger charge is -2.34. The molecule has 0 radical (unpaired) electrons. The fourth-order valence-electron chi connectivity index (χ4n) is 3.66. The van der Waals surface area contributed by atoms with Crippen LogP contribution in [0.25, 0.3) is 0 Å². The van der Waals surface area contributed by atoms with Crippen LogP contribution in [0, 0.1) is 5.92 Å². The summed E-state index contributed by atoms with van der Waals surface area (Å²) in [5.74, 6) is 1.82. The van der Waals surface area contributed by atoms with Crippen LogP contribution in [0.3, 0.4) is 0 Å². The van der Waals surface area contributed by atoms with Gasteiger partial charge in [0.1, 0.15) is 13.2 Å². The first-order chi connectivity index (χ1) is 10.7. The molecule has 3 aliphatic rings. The monoisotopic (exact) mass is 322 g/mol. The highest BCUT2D eigenvalue weighted by Crippen LogP contribution is 2.33. The molecule has 1 unspecified atom stereocenters. The molecular weight excluding hydrogens is 304 g/mol. The van der Waals surface area contributed by atoms with E-state index in [4.69, 9.17) is 21.3 Å². The maximum atomic E-state index is 12.6. The third kappa shape index (κ3) is 2.52. The molecule has 1 aromatic carbocycles. The van der Waals surface area contributed by atoms with Crippen molar-refractivity contribution in [2.75, 3.05) is 32.8 Å². The lowest BCUT2D eigenvalue weighted by molar-refractivity contribution is 0.0757. The molecule has 2 fully saturated rings. The normalized spacial score (nSPS) is 29.2. The Balaban J connectivity index is 1.51. The van der Waals surface area contributed by atoms with Crippen LogP contribution >= 0.6 is 11.8 Å². The van der Waals surface area contributed by atoms with Gasteiger partial charge in [0, 0.05) is 30.4 Å². The zero-order valence-corrected chi connectivity index (χ0v) is 13.1. The van der Waals surface area contributed by atoms with Crippen LogP contribution in [0.1, 0.15) is 23.2 Å². The number of carbonyl (C=O) groups excluding carboxylic acids is 1. The van der Waals surface area contributed by atoms with Gasteiger partial charge in [0.2, 0.25) is 0 Å². The van der Waals surface area contributed by atoms with E-state index in [1.165, 1.54) is 10.8 Å². The zero-order chi connectivity index (χ0) is 15.1. The van der Waals surface area contributed by atoms with E-state index in [2.05, 4.69) is 4.90 Å². The summed E-state index contributed by atoms with van der Waals surface area (Å²) in [5, 5.41) is 0. The second-order valence-corrected chi connectivity index (χ2v) is 6.64. The first-order valence-electron chi connectivity index (χ1n) is 7.82. The smallest absolute Gasteiger partial charge is 0.268 e. The largest absolute Gasteiger partial charge is 0.486 e. The molecule has 0 saturated carbocycles. The zero-order valence-electron chi connectivity index (χ0n) is 12.3. The summed E-state index contributed by atoms with van der Waals surface area (Å²) in [4.78, 5) is 15.0. The Morgan fingerprint density at radius 2 is 2.05 bits per heavy atom. The predicted octanol–water partition coefficient (Wildman–Crippen LogP) is 2.15. The molecule has 5 nitrogen and oxygen atoms in total. The Bertz CT molecular complexity index is 583. The van der Waals surface area contributed by atoms with Gasteiger partial charge in [-0.2, -0.15) is 0 Å². The van der Waals surface area contributed by atoms with Crippen molar-refractivity contribution in [3.63, 3.8) is 0 Å². The number of hydrogen-bond donors (Lipinski definition) is 0. The second-order valence-electron chi connectivity index (χ2n) is 6.28. The van der Waals surface area contributed by atoms with E-state index in [1.54, 1.807) is 18.2 Å². The van der Waals surface area contributed by atoms with Crippen molar-refractivity contribution in [3.8, 4) is 11.5 Å². The number of carbonyl (C=O) groups is 1. The number of nitrogens with zero attached hydrogens (tertiary/aromatic N) is 2. The van der Waals surface area contributed by atoms with Crippen LogP contribution in [-0.2, 0) is 0 Å². The van der Waals surface area contributed by atoms with Gasteiger partial charge in [-0.15, -0.1) is 0 Å². The molecule has 2 saturated heterocycles. The van der Waals surface area contributed by atoms with Gasteiger partial charge < -0.3 is 14.4 Å². The van der Waals surface area contributed by atoms with E-state index in [0.717, 1.165) is 26.1 Å². The molecule has 0 N–H and O–H groups in total. The van der Waals surface area contributed by atoms with Gasteiger partial charge in [0.15, 0.2) is 11.5 Å². The molecule has 22 heavy (non-hydrogen) atoms. The Kier molecular flexibility index (Phi) is 3.62. The average molecular weight is 323 g/mol. The highest BCUT2D eigenvalue weighted by molar-refractivity contribution is 6.24. The van der Waals surface area contributed by atoms with Crippen LogP contribution in [0.5, 0.6) is 11.5 Å². The number of hydrogen-bond acceptors (Lipinski definition) is 4. The third-order valence-corrected chi connectivity index (χ3v) is 5.18. The van der Waals surface area contributed by atoms with Gasteiger partial charge in [-0.25, -0.2) is 4.42 Å². The summed E-state index contributed by atoms with van der Waals surface area (Å²) >= 11 is 6.37. The maximum absolute atomic E-state index is 12.6. The standard InChI is InChI=1S/C16H19ClN2O3/c17-19(13-7-11-3-4-18(9-11)10-13)16(20)12-1-2-14-15(8-12)22-6-5-21-14/h1-2,8,11,13H,3-7,9-10H2/t11-,13-/m1/s1. The van der Waals surface area contributed by atoms with Gasteiger partial charge in [-0.1, -0.05) is 0 Å². The van der Waals surface area contributed by atoms with Crippen molar-refractivity contribution in [1.82, 2.24) is 9.32 Å². The van der Waals surface area contributed by atoms with Crippen LogP contribution in [0.2, 0.25) is 0 Å². The quantitative estimate of drug-likeness (QED) is 0.782. The Morgan fingerprint density at radius 3 is 2.86 bits per heavy atom. The number of piperidine rings is 1. The predicted molar refractivity (Wildman–Crippen MR) is 82.4 cm³/mol. The summed E-state index contributed by atoms with van der Waals surface area (Å²) in [6.45, 7) is 4.20. The average Bonchev–Trinajstić information content (AvgIpc) is 2.91. The number of ether oxygens (including phenoxy) is 2. The molecule has 0 spiro atoms. The van der Waals surface area contributed by atoms with Crippen LogP contribution < -0.4 is 9.47 Å². The minimum atomic E-state index is -0.161. The van der Waals surface area contributed by atoms with Gasteiger partial charge in [0.05, 0.1) is 6.04 Å². The summed E-state index contributed by atoms with van der Waals surface area (Å²) in [5.41, 5.74) is 0.548. The van der Waals surface area contributed by atoms with Crippen LogP contribution in [-0.4, -0.2) is 54.1 Å². The fourth-order valence-corrected chi connectivity index (χ4v) is 3.90. The molecule has 1 aromatic rings. The van der Waals surface area contributed by atoms with E-state index < -0.39 is 0 Å². The lowest BCUT2D eigenvalue weighted by atomic mass is 9.96. The molecule has 4 rings (SSSR count). The minimum Gasteiger partial charge on any atom is -0.486 e. The second kappa shape index (κ2) is 5.63. The molecular formula is C16H19ClN2O3. The summed E-state index contributed by atoms with van der Waals surface area (Å²) in [6, 6.07) is 5.34. The van der Waals surface area contributed by atoms with Crippen molar-refractivity contribution in [2.24, 2.45) is 5.92 Å². The SMILES string of the molecule is O=C(c1ccc2c(c1)OCCO2)N(Cl)[C@@H]1C[C@H]2CCN(C2)C1. The van der Waals surface area contributed by atoms with E-state index in [-0.39, 0.29) is 11.9 Å². The highest BCUT2D eigenvalue weighted by Gasteiger charge is 2.36. The molecule has 3 aliphatic heterocycles. The summed E-state index contributed by atoms with van der Waals surface area (Å²) < 4.78 is 12.4. The topological polar surface area (TPSA) is 42.0 Å². The highest BCUT2D eigenvalue weighted by atomic mass is 35.5. The molecule has 3 atom stereocenters. The number of halogens is 1. The van der Waals surface area contributed by atoms with Gasteiger partial charge in [0.25, 0.3) is 5.91 Å². The summed E-state index contributed by atoms with van der Waals surface area (Å²) in [7, 11) is 0. The minimum absolute atomic E-state index is 0.0867. The van der Waals surface area contributed by atoms with E-state index in [0.29, 0.717) is 36.2 Å². The first kappa shape index (κ1) is 14.2. The Hall–Kier alpha value is -1.46. The number of amides is 1. The van der Waals surface area contributed by atoms with Crippen molar-refractivity contribution in [1.29, 1.82) is 0 Å². The Morgan fingerprint density at radius 1 is 1.23 bits per heavy atom. The van der Waals surface area contributed by atoms with Crippen molar-refractivity contribution >= 4 is 17.7 Å². The molecule has 0 aromatic heterocycles. The molecule has 0 aliphatic carbocycles. The van der Waals surface area contributed by atoms with Crippen molar-refractivity contribution < 1.29 is 14.3 Å². The van der Waals surface area contributed by atoms with E-state index >= 15 is 0 Å². The van der Waals surface area contributed by atoms with Crippen LogP contribution in [0.4, 0.5) is 0 Å². The molecule has 6 heteroatoms. The van der Waals surface area contributed by atoms with E-state index in [9.17, 15) is 4.79 Å². The Labute approximate surface area is 134 Å². The molecule has 118 valence electrons. The van der Waals surface area contributed by atoms with Gasteiger partial charge >= 0.3 is 0 Å². The number of benzene rings is 1. The fraction of sp³-hybridized carbons (Fsp3) is 0.562. The van der Waals surface area contributed by atoms with Crippen molar-refractivity contribution in [3.05, 3.63) is 23.8 Å². The van der Waals surface area contributed by atoms with E-state index in [1.807, 2.05) is 0 Å². The van der Waals surface area contributed by atoms with Crippen LogP contribution in [0.15, 0.2) is 18.2 Å². The molecule has 3 heterocycles. The summed E-state index contributed by atoms with van der Waals surface area (Å²) in [6.07, 6.45) is 2.22. The van der Waals surface area contributed by atoms with Crippen molar-refractivity contribution in [2.45, 2.75) is 18.9 Å². The van der Waals surface area contributed by atoms with Gasteiger partial charge in [-0.05, 0) is 43.5 Å². The molecule has 1 amide bonds. The number of rotatable bonds is 2. The van der Waals surface area contributed by atoms with Gasteiger partial charge in [-0.3, -0.25) is 4.79 Å². The molecule has 2 bridgehead atoms. The maximum Gasteiger partial charge on any atom is 0.268 e. The third-order valence-electron chi connectivity index (χ3n) is 4.75. The first-order valence-corrected chi connectivity index (χ1v) is 8.16.